The molecule has 0 fully saturated rings. The van der Waals surface area contributed by atoms with Crippen LogP contribution in [0, 0.1) is 12.7 Å². The molecule has 14 heteroatoms. The van der Waals surface area contributed by atoms with E-state index < -0.39 is 15.8 Å². The van der Waals surface area contributed by atoms with E-state index in [1.165, 1.54) is 46.0 Å². The number of fused-ring (bicyclic) bond motifs is 1. The van der Waals surface area contributed by atoms with E-state index in [0.29, 0.717) is 15.7 Å². The molecule has 32 heavy (non-hydrogen) atoms. The largest absolute Gasteiger partial charge is 0.279 e. The zero-order valence-electron chi connectivity index (χ0n) is 16.4. The zero-order chi connectivity index (χ0) is 23.2. The number of anilines is 1. The summed E-state index contributed by atoms with van der Waals surface area (Å²) in [5.74, 6) is -0.731. The number of halogens is 3. The van der Waals surface area contributed by atoms with Gasteiger partial charge in [0.15, 0.2) is 10.7 Å². The highest BCUT2D eigenvalue weighted by atomic mass is 35.5. The molecule has 166 valence electrons. The molecule has 0 aliphatic rings. The Hall–Kier alpha value is -2.80. The molecule has 0 aliphatic heterocycles. The van der Waals surface area contributed by atoms with E-state index in [0.717, 1.165) is 17.6 Å². The second-order valence-electron chi connectivity index (χ2n) is 6.55. The van der Waals surface area contributed by atoms with Crippen molar-refractivity contribution in [2.45, 2.75) is 6.92 Å². The summed E-state index contributed by atoms with van der Waals surface area (Å²) in [5.41, 5.74) is 0.318. The van der Waals surface area contributed by atoms with Crippen molar-refractivity contribution in [2.24, 2.45) is 7.05 Å². The van der Waals surface area contributed by atoms with Gasteiger partial charge in [-0.25, -0.2) is 27.0 Å². The van der Waals surface area contributed by atoms with Crippen molar-refractivity contribution in [3.8, 4) is 10.6 Å². The molecule has 0 radical (unpaired) electrons. The maximum atomic E-state index is 13.6. The maximum Gasteiger partial charge on any atom is 0.279 e. The molecule has 4 aromatic rings. The van der Waals surface area contributed by atoms with Gasteiger partial charge in [-0.3, -0.25) is 9.52 Å². The summed E-state index contributed by atoms with van der Waals surface area (Å²) in [6.45, 7) is 1.77. The van der Waals surface area contributed by atoms with Crippen LogP contribution in [0.1, 0.15) is 10.6 Å². The fourth-order valence-corrected chi connectivity index (χ4v) is 4.91. The van der Waals surface area contributed by atoms with Crippen molar-refractivity contribution < 1.29 is 12.8 Å². The number of aromatic nitrogens is 5. The van der Waals surface area contributed by atoms with E-state index in [-0.39, 0.29) is 32.4 Å². The first-order valence-electron chi connectivity index (χ1n) is 8.79. The van der Waals surface area contributed by atoms with E-state index in [1.807, 2.05) is 0 Å². The number of benzene rings is 1. The Bertz CT molecular complexity index is 1560. The highest BCUT2D eigenvalue weighted by Gasteiger charge is 2.20. The Kier molecular flexibility index (Phi) is 5.79. The maximum absolute atomic E-state index is 13.6. The molecular weight excluding hydrogens is 502 g/mol. The summed E-state index contributed by atoms with van der Waals surface area (Å²) < 4.78 is 43.6. The number of sulfonamides is 1. The van der Waals surface area contributed by atoms with Gasteiger partial charge in [0.2, 0.25) is 0 Å². The fraction of sp³-hybridized carbons (Fsp3) is 0.111. The molecule has 9 nitrogen and oxygen atoms in total. The predicted octanol–water partition coefficient (Wildman–Crippen LogP) is 3.72. The standard InChI is InChI=1S/C18H13Cl2FN6O3S2/c1-9-23-24-17(31-9)14-16-22-7-10(8-27(16)26(2)18(14)28)25-32(29,30)6-5-11-12(19)3-4-13(21)15(11)20/h3-8,25H,1-2H3. The van der Waals surface area contributed by atoms with Gasteiger partial charge in [-0.15, -0.1) is 10.2 Å². The van der Waals surface area contributed by atoms with E-state index in [2.05, 4.69) is 19.9 Å². The molecule has 1 N–H and O–H groups in total. The monoisotopic (exact) mass is 514 g/mol. The first-order chi connectivity index (χ1) is 15.1. The van der Waals surface area contributed by atoms with Crippen LogP contribution < -0.4 is 10.3 Å². The molecule has 4 rings (SSSR count). The van der Waals surface area contributed by atoms with Crippen LogP contribution in [0.5, 0.6) is 0 Å². The van der Waals surface area contributed by atoms with Gasteiger partial charge >= 0.3 is 0 Å². The Labute approximate surface area is 194 Å². The second kappa shape index (κ2) is 8.28. The van der Waals surface area contributed by atoms with Crippen molar-refractivity contribution in [3.05, 3.63) is 66.7 Å². The highest BCUT2D eigenvalue weighted by molar-refractivity contribution is 7.95. The van der Waals surface area contributed by atoms with Crippen LogP contribution in [0.25, 0.3) is 22.3 Å². The van der Waals surface area contributed by atoms with Crippen molar-refractivity contribution in [1.29, 1.82) is 0 Å². The van der Waals surface area contributed by atoms with E-state index in [4.69, 9.17) is 23.2 Å². The normalized spacial score (nSPS) is 12.2. The van der Waals surface area contributed by atoms with Crippen LogP contribution in [-0.4, -0.2) is 32.8 Å². The van der Waals surface area contributed by atoms with Gasteiger partial charge in [0, 0.05) is 17.6 Å². The quantitative estimate of drug-likeness (QED) is 0.406. The molecule has 1 aromatic carbocycles. The molecular formula is C18H13Cl2FN6O3S2. The second-order valence-corrected chi connectivity index (χ2v) is 10.1. The van der Waals surface area contributed by atoms with E-state index in [1.54, 1.807) is 6.92 Å². The van der Waals surface area contributed by atoms with Crippen LogP contribution in [0.2, 0.25) is 10.0 Å². The van der Waals surface area contributed by atoms with Gasteiger partial charge in [0.1, 0.15) is 16.4 Å². The highest BCUT2D eigenvalue weighted by Crippen LogP contribution is 2.29. The first kappa shape index (κ1) is 22.4. The number of nitrogens with one attached hydrogen (secondary N) is 1. The van der Waals surface area contributed by atoms with Gasteiger partial charge in [-0.05, 0) is 25.1 Å². The van der Waals surface area contributed by atoms with Crippen molar-refractivity contribution in [1.82, 2.24) is 24.4 Å². The molecule has 0 amide bonds. The van der Waals surface area contributed by atoms with Crippen molar-refractivity contribution >= 4 is 62.0 Å². The van der Waals surface area contributed by atoms with Gasteiger partial charge < -0.3 is 0 Å². The number of hydrogen-bond donors (Lipinski definition) is 1. The molecule has 3 aromatic heterocycles. The smallest absolute Gasteiger partial charge is 0.277 e. The molecule has 0 bridgehead atoms. The molecule has 0 atom stereocenters. The minimum absolute atomic E-state index is 0.0251. The SMILES string of the molecule is Cc1nnc(-c2c(=O)n(C)n3cc(NS(=O)(=O)C=Cc4c(Cl)ccc(F)c4Cl)cnc23)s1. The third-order valence-corrected chi connectivity index (χ3v) is 6.94. The minimum Gasteiger partial charge on any atom is -0.277 e. The lowest BCUT2D eigenvalue weighted by atomic mass is 10.2. The molecule has 0 aliphatic carbocycles. The van der Waals surface area contributed by atoms with Gasteiger partial charge in [0.25, 0.3) is 15.6 Å². The Morgan fingerprint density at radius 3 is 2.69 bits per heavy atom. The van der Waals surface area contributed by atoms with Crippen LogP contribution in [0.3, 0.4) is 0 Å². The number of hydrogen-bond acceptors (Lipinski definition) is 7. The summed E-state index contributed by atoms with van der Waals surface area (Å²) in [6, 6.07) is 2.35. The van der Waals surface area contributed by atoms with Crippen LogP contribution in [-0.2, 0) is 17.1 Å². The van der Waals surface area contributed by atoms with Gasteiger partial charge in [-0.2, -0.15) is 0 Å². The predicted molar refractivity (Wildman–Crippen MR) is 122 cm³/mol. The van der Waals surface area contributed by atoms with Crippen LogP contribution >= 0.6 is 34.5 Å². The Morgan fingerprint density at radius 1 is 1.25 bits per heavy atom. The molecule has 0 saturated heterocycles. The Morgan fingerprint density at radius 2 is 2.00 bits per heavy atom. The summed E-state index contributed by atoms with van der Waals surface area (Å²) in [6.07, 6.45) is 3.75. The third-order valence-electron chi connectivity index (χ3n) is 4.35. The lowest BCUT2D eigenvalue weighted by molar-refractivity contribution is 0.609. The molecule has 0 spiro atoms. The van der Waals surface area contributed by atoms with E-state index in [9.17, 15) is 17.6 Å². The van der Waals surface area contributed by atoms with Gasteiger partial charge in [-0.1, -0.05) is 34.5 Å². The lowest BCUT2D eigenvalue weighted by Gasteiger charge is -2.07. The summed E-state index contributed by atoms with van der Waals surface area (Å²) in [7, 11) is -2.53. The summed E-state index contributed by atoms with van der Waals surface area (Å²) in [4.78, 5) is 16.9. The topological polar surface area (TPSA) is 111 Å². The van der Waals surface area contributed by atoms with E-state index >= 15 is 0 Å². The lowest BCUT2D eigenvalue weighted by Crippen LogP contribution is -2.16. The molecule has 3 heterocycles. The first-order valence-corrected chi connectivity index (χ1v) is 11.9. The number of nitrogens with zero attached hydrogens (tertiary/aromatic N) is 5. The van der Waals surface area contributed by atoms with Gasteiger partial charge in [0.05, 0.1) is 28.5 Å². The summed E-state index contributed by atoms with van der Waals surface area (Å²) >= 11 is 13.1. The average molecular weight is 515 g/mol. The average Bonchev–Trinajstić information content (AvgIpc) is 3.26. The van der Waals surface area contributed by atoms with Crippen LogP contribution in [0.4, 0.5) is 10.1 Å². The number of rotatable bonds is 5. The minimum atomic E-state index is -4.04. The Balaban J connectivity index is 1.69. The van der Waals surface area contributed by atoms with Crippen molar-refractivity contribution in [2.75, 3.05) is 4.72 Å². The third kappa shape index (κ3) is 4.13. The zero-order valence-corrected chi connectivity index (χ0v) is 19.5. The number of aryl methyl sites for hydroxylation is 2. The molecule has 0 unspecified atom stereocenters. The van der Waals surface area contributed by atoms with Crippen molar-refractivity contribution in [3.63, 3.8) is 0 Å². The molecule has 0 saturated carbocycles. The fourth-order valence-electron chi connectivity index (χ4n) is 2.87. The summed E-state index contributed by atoms with van der Waals surface area (Å²) in [5, 5.41) is 9.62. The van der Waals surface area contributed by atoms with Crippen LogP contribution in [0.15, 0.2) is 34.7 Å².